The van der Waals surface area contributed by atoms with Crippen LogP contribution in [0.3, 0.4) is 0 Å². The lowest BCUT2D eigenvalue weighted by molar-refractivity contribution is 0.101. The zero-order valence-electron chi connectivity index (χ0n) is 14.4. The molecule has 7 heteroatoms. The average Bonchev–Trinajstić information content (AvgIpc) is 3.18. The molecule has 2 aromatic heterocycles. The highest BCUT2D eigenvalue weighted by Crippen LogP contribution is 2.32. The molecule has 0 aliphatic rings. The van der Waals surface area contributed by atoms with Gasteiger partial charge in [-0.3, -0.25) is 9.48 Å². The van der Waals surface area contributed by atoms with Crippen molar-refractivity contribution in [2.75, 3.05) is 10.6 Å². The van der Waals surface area contributed by atoms with E-state index in [1.54, 1.807) is 29.1 Å². The summed E-state index contributed by atoms with van der Waals surface area (Å²) in [4.78, 5) is 17.2. The van der Waals surface area contributed by atoms with Crippen LogP contribution < -0.4 is 10.6 Å². The third-order valence-electron chi connectivity index (χ3n) is 3.93. The number of carbonyl (C=O) groups excluding carboxylic acids is 1. The maximum absolute atomic E-state index is 12.6. The van der Waals surface area contributed by atoms with Crippen LogP contribution in [0.1, 0.15) is 16.2 Å². The van der Waals surface area contributed by atoms with Crippen molar-refractivity contribution in [3.63, 3.8) is 0 Å². The molecule has 1 amide bonds. The maximum Gasteiger partial charge on any atom is 0.273 e. The van der Waals surface area contributed by atoms with E-state index in [1.165, 1.54) is 0 Å². The lowest BCUT2D eigenvalue weighted by atomic mass is 10.2. The van der Waals surface area contributed by atoms with Gasteiger partial charge in [0.25, 0.3) is 5.91 Å². The van der Waals surface area contributed by atoms with Gasteiger partial charge in [0.2, 0.25) is 0 Å². The molecular formula is C19H17N5OS. The number of nitrogens with zero attached hydrogens (tertiary/aromatic N) is 3. The molecule has 130 valence electrons. The van der Waals surface area contributed by atoms with Gasteiger partial charge in [-0.25, -0.2) is 4.98 Å². The number of para-hydroxylation sites is 2. The fourth-order valence-corrected chi connectivity index (χ4v) is 3.67. The van der Waals surface area contributed by atoms with Crippen molar-refractivity contribution in [2.45, 2.75) is 6.92 Å². The summed E-state index contributed by atoms with van der Waals surface area (Å²) in [5.41, 5.74) is 3.74. The molecule has 2 aromatic carbocycles. The van der Waals surface area contributed by atoms with Crippen molar-refractivity contribution in [3.8, 4) is 0 Å². The van der Waals surface area contributed by atoms with Gasteiger partial charge in [-0.05, 0) is 37.3 Å². The van der Waals surface area contributed by atoms with Crippen LogP contribution in [0.5, 0.6) is 0 Å². The van der Waals surface area contributed by atoms with Crippen LogP contribution in [0.25, 0.3) is 10.2 Å². The number of hydrogen-bond donors (Lipinski definition) is 2. The van der Waals surface area contributed by atoms with Gasteiger partial charge in [0.05, 0.1) is 16.1 Å². The zero-order chi connectivity index (χ0) is 18.1. The van der Waals surface area contributed by atoms with E-state index in [-0.39, 0.29) is 5.91 Å². The minimum Gasteiger partial charge on any atom is -0.332 e. The van der Waals surface area contributed by atoms with E-state index >= 15 is 0 Å². The Balaban J connectivity index is 1.63. The number of amides is 1. The molecule has 0 bridgehead atoms. The number of anilines is 3. The summed E-state index contributed by atoms with van der Waals surface area (Å²) in [6.45, 7) is 1.86. The van der Waals surface area contributed by atoms with Gasteiger partial charge >= 0.3 is 0 Å². The van der Waals surface area contributed by atoms with Gasteiger partial charge < -0.3 is 10.6 Å². The summed E-state index contributed by atoms with van der Waals surface area (Å²) < 4.78 is 2.58. The first-order valence-electron chi connectivity index (χ1n) is 8.14. The highest BCUT2D eigenvalue weighted by Gasteiger charge is 2.15. The Bertz CT molecular complexity index is 1080. The van der Waals surface area contributed by atoms with E-state index in [2.05, 4.69) is 20.7 Å². The quantitative estimate of drug-likeness (QED) is 0.566. The van der Waals surface area contributed by atoms with Crippen LogP contribution in [0.4, 0.5) is 16.5 Å². The number of aryl methyl sites for hydroxylation is 2. The molecule has 4 aromatic rings. The van der Waals surface area contributed by atoms with E-state index in [0.717, 1.165) is 26.7 Å². The number of benzene rings is 2. The number of rotatable bonds is 4. The molecule has 0 radical (unpaired) electrons. The van der Waals surface area contributed by atoms with Crippen LogP contribution in [0.2, 0.25) is 0 Å². The van der Waals surface area contributed by atoms with Gasteiger partial charge in [0.15, 0.2) is 5.13 Å². The molecule has 0 atom stereocenters. The summed E-state index contributed by atoms with van der Waals surface area (Å²) in [7, 11) is 1.76. The first-order chi connectivity index (χ1) is 12.6. The molecule has 0 saturated carbocycles. The van der Waals surface area contributed by atoms with Gasteiger partial charge in [-0.15, -0.1) is 0 Å². The maximum atomic E-state index is 12.6. The fourth-order valence-electron chi connectivity index (χ4n) is 2.76. The van der Waals surface area contributed by atoms with Crippen LogP contribution in [-0.2, 0) is 7.05 Å². The molecule has 4 rings (SSSR count). The van der Waals surface area contributed by atoms with E-state index in [0.29, 0.717) is 11.4 Å². The molecule has 0 aliphatic heterocycles. The number of fused-ring (bicyclic) bond motifs is 1. The van der Waals surface area contributed by atoms with Crippen molar-refractivity contribution in [1.82, 2.24) is 14.8 Å². The van der Waals surface area contributed by atoms with Crippen LogP contribution in [0.15, 0.2) is 54.6 Å². The van der Waals surface area contributed by atoms with Gasteiger partial charge in [-0.1, -0.05) is 35.6 Å². The van der Waals surface area contributed by atoms with E-state index in [4.69, 9.17) is 0 Å². The molecule has 0 fully saturated rings. The fraction of sp³-hybridized carbons (Fsp3) is 0.105. The largest absolute Gasteiger partial charge is 0.332 e. The molecule has 26 heavy (non-hydrogen) atoms. The van der Waals surface area contributed by atoms with Gasteiger partial charge in [0.1, 0.15) is 11.2 Å². The minimum absolute atomic E-state index is 0.203. The molecule has 2 heterocycles. The van der Waals surface area contributed by atoms with Crippen LogP contribution >= 0.6 is 11.3 Å². The topological polar surface area (TPSA) is 71.8 Å². The smallest absolute Gasteiger partial charge is 0.273 e. The molecular weight excluding hydrogens is 346 g/mol. The molecule has 6 nitrogen and oxygen atoms in total. The highest BCUT2D eigenvalue weighted by atomic mass is 32.1. The molecule has 0 spiro atoms. The highest BCUT2D eigenvalue weighted by molar-refractivity contribution is 7.22. The zero-order valence-corrected chi connectivity index (χ0v) is 15.2. The second kappa shape index (κ2) is 6.61. The number of aromatic nitrogens is 3. The molecule has 0 aliphatic carbocycles. The standard InChI is InChI=1S/C19H17N5OS/c1-12-11-15(24(2)23-12)18(25)21-14-9-6-10-16-17(14)22-19(26-16)20-13-7-4-3-5-8-13/h3-11H,1-2H3,(H,20,22)(H,21,25). The monoisotopic (exact) mass is 363 g/mol. The number of thiazole rings is 1. The molecule has 2 N–H and O–H groups in total. The molecule has 0 unspecified atom stereocenters. The van der Waals surface area contributed by atoms with E-state index in [1.807, 2.05) is 55.5 Å². The van der Waals surface area contributed by atoms with Crippen molar-refractivity contribution in [1.29, 1.82) is 0 Å². The van der Waals surface area contributed by atoms with Gasteiger partial charge in [0, 0.05) is 12.7 Å². The summed E-state index contributed by atoms with van der Waals surface area (Å²) in [5.74, 6) is -0.203. The Morgan fingerprint density at radius 1 is 1.12 bits per heavy atom. The molecule has 0 saturated heterocycles. The first-order valence-corrected chi connectivity index (χ1v) is 8.95. The van der Waals surface area contributed by atoms with Crippen molar-refractivity contribution in [2.24, 2.45) is 7.05 Å². The van der Waals surface area contributed by atoms with Crippen molar-refractivity contribution >= 4 is 44.0 Å². The Morgan fingerprint density at radius 2 is 1.92 bits per heavy atom. The Labute approximate surface area is 154 Å². The number of hydrogen-bond acceptors (Lipinski definition) is 5. The van der Waals surface area contributed by atoms with Crippen LogP contribution in [0, 0.1) is 6.92 Å². The lowest BCUT2D eigenvalue weighted by Gasteiger charge is -2.05. The summed E-state index contributed by atoms with van der Waals surface area (Å²) >= 11 is 1.55. The summed E-state index contributed by atoms with van der Waals surface area (Å²) in [6.07, 6.45) is 0. The SMILES string of the molecule is Cc1cc(C(=O)Nc2cccc3sc(Nc4ccccc4)nc23)n(C)n1. The Morgan fingerprint density at radius 3 is 2.65 bits per heavy atom. The second-order valence-corrected chi connectivity index (χ2v) is 6.94. The summed E-state index contributed by atoms with van der Waals surface area (Å²) in [5, 5.41) is 11.2. The Hall–Kier alpha value is -3.19. The number of carbonyl (C=O) groups is 1. The van der Waals surface area contributed by atoms with E-state index < -0.39 is 0 Å². The van der Waals surface area contributed by atoms with Crippen molar-refractivity contribution in [3.05, 3.63) is 66.0 Å². The first kappa shape index (κ1) is 16.3. The van der Waals surface area contributed by atoms with Crippen LogP contribution in [-0.4, -0.2) is 20.7 Å². The van der Waals surface area contributed by atoms with Gasteiger partial charge in [-0.2, -0.15) is 5.10 Å². The predicted molar refractivity (Wildman–Crippen MR) is 105 cm³/mol. The average molecular weight is 363 g/mol. The third kappa shape index (κ3) is 3.16. The number of nitrogens with one attached hydrogen (secondary N) is 2. The predicted octanol–water partition coefficient (Wildman–Crippen LogP) is 4.33. The van der Waals surface area contributed by atoms with E-state index in [9.17, 15) is 4.79 Å². The minimum atomic E-state index is -0.203. The lowest BCUT2D eigenvalue weighted by Crippen LogP contribution is -2.16. The summed E-state index contributed by atoms with van der Waals surface area (Å²) in [6, 6.07) is 17.4. The third-order valence-corrected chi connectivity index (χ3v) is 4.86. The Kier molecular flexibility index (Phi) is 4.14. The normalized spacial score (nSPS) is 10.8. The van der Waals surface area contributed by atoms with Crippen molar-refractivity contribution < 1.29 is 4.79 Å². The second-order valence-electron chi connectivity index (χ2n) is 5.91.